The van der Waals surface area contributed by atoms with Crippen LogP contribution in [0.15, 0.2) is 0 Å². The summed E-state index contributed by atoms with van der Waals surface area (Å²) in [6.45, 7) is 6.24. The molecule has 2 saturated heterocycles. The van der Waals surface area contributed by atoms with Crippen LogP contribution in [-0.4, -0.2) is 49.1 Å². The lowest BCUT2D eigenvalue weighted by atomic mass is 9.80. The second kappa shape index (κ2) is 5.74. The Morgan fingerprint density at radius 1 is 1.38 bits per heavy atom. The molecule has 2 fully saturated rings. The van der Waals surface area contributed by atoms with Gasteiger partial charge >= 0.3 is 0 Å². The lowest BCUT2D eigenvalue weighted by Crippen LogP contribution is -2.45. The molecule has 1 atom stereocenters. The molecule has 0 saturated carbocycles. The lowest BCUT2D eigenvalue weighted by molar-refractivity contribution is 0.133. The molecule has 0 aromatic carbocycles. The summed E-state index contributed by atoms with van der Waals surface area (Å²) in [7, 11) is 2.24. The Morgan fingerprint density at radius 2 is 2.12 bits per heavy atom. The van der Waals surface area contributed by atoms with Crippen LogP contribution in [-0.2, 0) is 0 Å². The molecule has 0 spiro atoms. The third-order valence-electron chi connectivity index (χ3n) is 4.17. The molecule has 0 aromatic rings. The molecule has 0 bridgehead atoms. The number of rotatable bonds is 3. The van der Waals surface area contributed by atoms with Gasteiger partial charge in [-0.1, -0.05) is 6.92 Å². The van der Waals surface area contributed by atoms with Gasteiger partial charge < -0.3 is 10.2 Å². The fourth-order valence-electron chi connectivity index (χ4n) is 2.63. The van der Waals surface area contributed by atoms with Crippen molar-refractivity contribution in [3.05, 3.63) is 0 Å². The smallest absolute Gasteiger partial charge is 0.0158 e. The number of hydrogen-bond acceptors (Lipinski definition) is 3. The Kier molecular flexibility index (Phi) is 4.57. The van der Waals surface area contributed by atoms with Gasteiger partial charge in [-0.15, -0.1) is 0 Å². The Balaban J connectivity index is 1.71. The maximum Gasteiger partial charge on any atom is 0.0158 e. The molecule has 0 aliphatic carbocycles. The second-order valence-electron chi connectivity index (χ2n) is 5.91. The quantitative estimate of drug-likeness (QED) is 0.817. The summed E-state index contributed by atoms with van der Waals surface area (Å²) >= 11 is 2.12. The minimum absolute atomic E-state index is 0.550. The molecule has 3 heteroatoms. The summed E-state index contributed by atoms with van der Waals surface area (Å²) in [6, 6.07) is 0.787. The highest BCUT2D eigenvalue weighted by Gasteiger charge is 2.29. The number of likely N-dealkylation sites (tertiary alicyclic amines) is 1. The van der Waals surface area contributed by atoms with Crippen molar-refractivity contribution in [2.24, 2.45) is 5.41 Å². The first kappa shape index (κ1) is 12.7. The summed E-state index contributed by atoms with van der Waals surface area (Å²) in [5.74, 6) is 2.70. The molecule has 1 N–H and O–H groups in total. The minimum Gasteiger partial charge on any atom is -0.313 e. The zero-order chi connectivity index (χ0) is 11.4. The average Bonchev–Trinajstić information content (AvgIpc) is 2.33. The van der Waals surface area contributed by atoms with E-state index in [0.29, 0.717) is 5.41 Å². The van der Waals surface area contributed by atoms with Crippen molar-refractivity contribution in [3.63, 3.8) is 0 Å². The zero-order valence-electron chi connectivity index (χ0n) is 10.8. The first-order valence-corrected chi connectivity index (χ1v) is 7.83. The van der Waals surface area contributed by atoms with Gasteiger partial charge in [-0.3, -0.25) is 0 Å². The predicted octanol–water partition coefficient (Wildman–Crippen LogP) is 2.20. The summed E-state index contributed by atoms with van der Waals surface area (Å²) < 4.78 is 0. The highest BCUT2D eigenvalue weighted by molar-refractivity contribution is 7.99. The fourth-order valence-corrected chi connectivity index (χ4v) is 3.73. The highest BCUT2D eigenvalue weighted by atomic mass is 32.2. The van der Waals surface area contributed by atoms with Gasteiger partial charge in [-0.2, -0.15) is 11.8 Å². The number of piperidine rings is 1. The number of nitrogens with zero attached hydrogens (tertiary/aromatic N) is 1. The topological polar surface area (TPSA) is 15.3 Å². The largest absolute Gasteiger partial charge is 0.313 e. The Labute approximate surface area is 105 Å². The summed E-state index contributed by atoms with van der Waals surface area (Å²) in [6.07, 6.45) is 5.51. The van der Waals surface area contributed by atoms with Crippen molar-refractivity contribution < 1.29 is 0 Å². The molecule has 2 rings (SSSR count). The molecule has 2 aliphatic rings. The van der Waals surface area contributed by atoms with Crippen molar-refractivity contribution >= 4 is 11.8 Å². The van der Waals surface area contributed by atoms with Crippen LogP contribution < -0.4 is 5.32 Å². The van der Waals surface area contributed by atoms with Gasteiger partial charge in [0.2, 0.25) is 0 Å². The van der Waals surface area contributed by atoms with Crippen molar-refractivity contribution in [2.75, 3.05) is 38.2 Å². The van der Waals surface area contributed by atoms with E-state index < -0.39 is 0 Å². The average molecular weight is 242 g/mol. The zero-order valence-corrected chi connectivity index (χ0v) is 11.6. The van der Waals surface area contributed by atoms with E-state index in [1.165, 1.54) is 56.8 Å². The Bertz CT molecular complexity index is 206. The number of hydrogen-bond donors (Lipinski definition) is 1. The van der Waals surface area contributed by atoms with E-state index in [-0.39, 0.29) is 0 Å². The molecular formula is C13H26N2S. The van der Waals surface area contributed by atoms with Crippen LogP contribution in [0.25, 0.3) is 0 Å². The van der Waals surface area contributed by atoms with Gasteiger partial charge in [0.05, 0.1) is 0 Å². The summed E-state index contributed by atoms with van der Waals surface area (Å²) in [4.78, 5) is 2.46. The van der Waals surface area contributed by atoms with E-state index in [1.54, 1.807) is 0 Å². The van der Waals surface area contributed by atoms with Gasteiger partial charge in [-0.05, 0) is 57.0 Å². The van der Waals surface area contributed by atoms with Crippen molar-refractivity contribution in [3.8, 4) is 0 Å². The SMILES string of the molecule is CN1CCC(C)(CNC2CCCSC2)CC1. The maximum atomic E-state index is 3.81. The van der Waals surface area contributed by atoms with Crippen LogP contribution >= 0.6 is 11.8 Å². The molecule has 1 unspecified atom stereocenters. The maximum absolute atomic E-state index is 3.81. The second-order valence-corrected chi connectivity index (χ2v) is 7.06. The molecule has 0 aromatic heterocycles. The molecule has 94 valence electrons. The first-order valence-electron chi connectivity index (χ1n) is 6.68. The van der Waals surface area contributed by atoms with Crippen molar-refractivity contribution in [1.82, 2.24) is 10.2 Å². The standard InChI is InChI=1S/C13H26N2S/c1-13(5-7-15(2)8-6-13)11-14-12-4-3-9-16-10-12/h12,14H,3-11H2,1-2H3. The molecule has 0 amide bonds. The van der Waals surface area contributed by atoms with Gasteiger partial charge in [0, 0.05) is 18.3 Å². The normalized spacial score (nSPS) is 31.5. The summed E-state index contributed by atoms with van der Waals surface area (Å²) in [5.41, 5.74) is 0.550. The number of nitrogens with one attached hydrogen (secondary N) is 1. The van der Waals surface area contributed by atoms with Crippen LogP contribution in [0.2, 0.25) is 0 Å². The predicted molar refractivity (Wildman–Crippen MR) is 73.2 cm³/mol. The summed E-state index contributed by atoms with van der Waals surface area (Å²) in [5, 5.41) is 3.81. The molecule has 16 heavy (non-hydrogen) atoms. The van der Waals surface area contributed by atoms with E-state index in [9.17, 15) is 0 Å². The van der Waals surface area contributed by atoms with Crippen molar-refractivity contribution in [1.29, 1.82) is 0 Å². The van der Waals surface area contributed by atoms with Gasteiger partial charge in [0.15, 0.2) is 0 Å². The van der Waals surface area contributed by atoms with Gasteiger partial charge in [0.25, 0.3) is 0 Å². The first-order chi connectivity index (χ1) is 7.68. The van der Waals surface area contributed by atoms with E-state index in [2.05, 4.69) is 35.9 Å². The van der Waals surface area contributed by atoms with E-state index >= 15 is 0 Å². The molecular weight excluding hydrogens is 216 g/mol. The Hall–Kier alpha value is 0.270. The number of thioether (sulfide) groups is 1. The van der Waals surface area contributed by atoms with E-state index in [0.717, 1.165) is 6.04 Å². The van der Waals surface area contributed by atoms with Crippen LogP contribution in [0, 0.1) is 5.41 Å². The van der Waals surface area contributed by atoms with Crippen molar-refractivity contribution in [2.45, 2.75) is 38.6 Å². The molecule has 2 aliphatic heterocycles. The molecule has 0 radical (unpaired) electrons. The third kappa shape index (κ3) is 3.64. The monoisotopic (exact) mass is 242 g/mol. The van der Waals surface area contributed by atoms with Gasteiger partial charge in [0.1, 0.15) is 0 Å². The highest BCUT2D eigenvalue weighted by Crippen LogP contribution is 2.30. The van der Waals surface area contributed by atoms with Crippen LogP contribution in [0.5, 0.6) is 0 Å². The van der Waals surface area contributed by atoms with E-state index in [1.807, 2.05) is 0 Å². The van der Waals surface area contributed by atoms with Crippen LogP contribution in [0.3, 0.4) is 0 Å². The van der Waals surface area contributed by atoms with Crippen LogP contribution in [0.4, 0.5) is 0 Å². The lowest BCUT2D eigenvalue weighted by Gasteiger charge is -2.39. The van der Waals surface area contributed by atoms with Gasteiger partial charge in [-0.25, -0.2) is 0 Å². The van der Waals surface area contributed by atoms with E-state index in [4.69, 9.17) is 0 Å². The molecule has 2 nitrogen and oxygen atoms in total. The molecule has 2 heterocycles. The Morgan fingerprint density at radius 3 is 2.75 bits per heavy atom. The third-order valence-corrected chi connectivity index (χ3v) is 5.39. The minimum atomic E-state index is 0.550. The van der Waals surface area contributed by atoms with Crippen LogP contribution in [0.1, 0.15) is 32.6 Å². The fraction of sp³-hybridized carbons (Fsp3) is 1.00.